The normalized spacial score (nSPS) is 12.4. The molecule has 1 N–H and O–H groups in total. The van der Waals surface area contributed by atoms with Crippen LogP contribution < -0.4 is 5.32 Å². The molecule has 0 saturated carbocycles. The Morgan fingerprint density at radius 1 is 1.04 bits per heavy atom. The summed E-state index contributed by atoms with van der Waals surface area (Å²) in [4.78, 5) is 12.3. The smallest absolute Gasteiger partial charge is 0.408 e. The van der Waals surface area contributed by atoms with Crippen molar-refractivity contribution in [2.24, 2.45) is 0 Å². The standard InChI is InChI=1S/C21H23N3O3/c1-21(2,3)27-20(25)22-17(14-15-10-6-4-7-11-15)19-24-23-18(26-19)16-12-8-5-9-13-16/h4-13,17H,14H2,1-3H3,(H,22,25)/t17-/m1/s1. The predicted molar refractivity (Wildman–Crippen MR) is 102 cm³/mol. The molecule has 0 aliphatic rings. The Hall–Kier alpha value is -3.15. The van der Waals surface area contributed by atoms with E-state index in [1.165, 1.54) is 0 Å². The second-order valence-electron chi connectivity index (χ2n) is 7.20. The zero-order valence-electron chi connectivity index (χ0n) is 15.7. The number of ether oxygens (including phenoxy) is 1. The lowest BCUT2D eigenvalue weighted by atomic mass is 10.1. The van der Waals surface area contributed by atoms with Crippen LogP contribution >= 0.6 is 0 Å². The molecular weight excluding hydrogens is 342 g/mol. The Morgan fingerprint density at radius 2 is 1.67 bits per heavy atom. The number of rotatable bonds is 5. The van der Waals surface area contributed by atoms with E-state index in [-0.39, 0.29) is 0 Å². The Bertz CT molecular complexity index is 870. The minimum atomic E-state index is -0.592. The third-order valence-corrected chi connectivity index (χ3v) is 3.73. The van der Waals surface area contributed by atoms with Crippen molar-refractivity contribution < 1.29 is 13.9 Å². The number of carbonyl (C=O) groups excluding carboxylic acids is 1. The minimum Gasteiger partial charge on any atom is -0.444 e. The van der Waals surface area contributed by atoms with Gasteiger partial charge in [-0.05, 0) is 38.5 Å². The van der Waals surface area contributed by atoms with Gasteiger partial charge in [-0.15, -0.1) is 10.2 Å². The van der Waals surface area contributed by atoms with Gasteiger partial charge in [0.1, 0.15) is 11.6 Å². The SMILES string of the molecule is CC(C)(C)OC(=O)N[C@H](Cc1ccccc1)c1nnc(-c2ccccc2)o1. The number of amides is 1. The maximum absolute atomic E-state index is 12.3. The van der Waals surface area contributed by atoms with Crippen molar-refractivity contribution in [1.82, 2.24) is 15.5 Å². The van der Waals surface area contributed by atoms with E-state index in [0.29, 0.717) is 18.2 Å². The molecule has 0 bridgehead atoms. The third kappa shape index (κ3) is 5.41. The Balaban J connectivity index is 1.83. The molecule has 0 spiro atoms. The molecule has 27 heavy (non-hydrogen) atoms. The van der Waals surface area contributed by atoms with Crippen LogP contribution in [-0.4, -0.2) is 21.9 Å². The molecule has 0 aliphatic heterocycles. The van der Waals surface area contributed by atoms with Crippen LogP contribution in [0, 0.1) is 0 Å². The number of alkyl carbamates (subject to hydrolysis) is 1. The maximum atomic E-state index is 12.3. The first-order chi connectivity index (χ1) is 12.9. The van der Waals surface area contributed by atoms with Crippen molar-refractivity contribution in [3.05, 3.63) is 72.1 Å². The number of benzene rings is 2. The summed E-state index contributed by atoms with van der Waals surface area (Å²) < 4.78 is 11.2. The lowest BCUT2D eigenvalue weighted by molar-refractivity contribution is 0.0495. The highest BCUT2D eigenvalue weighted by molar-refractivity contribution is 5.68. The van der Waals surface area contributed by atoms with Crippen molar-refractivity contribution >= 4 is 6.09 Å². The Morgan fingerprint density at radius 3 is 2.30 bits per heavy atom. The summed E-state index contributed by atoms with van der Waals surface area (Å²) in [5.41, 5.74) is 1.27. The molecule has 3 aromatic rings. The van der Waals surface area contributed by atoms with Gasteiger partial charge in [0.05, 0.1) is 0 Å². The highest BCUT2D eigenvalue weighted by Gasteiger charge is 2.25. The average Bonchev–Trinajstić information content (AvgIpc) is 3.11. The zero-order chi connectivity index (χ0) is 19.3. The van der Waals surface area contributed by atoms with Gasteiger partial charge in [0.15, 0.2) is 0 Å². The van der Waals surface area contributed by atoms with Gasteiger partial charge in [0, 0.05) is 12.0 Å². The highest BCUT2D eigenvalue weighted by Crippen LogP contribution is 2.23. The van der Waals surface area contributed by atoms with Gasteiger partial charge in [-0.1, -0.05) is 48.5 Å². The number of nitrogens with zero attached hydrogens (tertiary/aromatic N) is 2. The second kappa shape index (κ2) is 8.03. The fraction of sp³-hybridized carbons (Fsp3) is 0.286. The molecule has 0 saturated heterocycles. The first-order valence-corrected chi connectivity index (χ1v) is 8.83. The van der Waals surface area contributed by atoms with Crippen molar-refractivity contribution in [2.45, 2.75) is 38.8 Å². The molecule has 6 heteroatoms. The lowest BCUT2D eigenvalue weighted by Crippen LogP contribution is -2.36. The first kappa shape index (κ1) is 18.6. The average molecular weight is 365 g/mol. The van der Waals surface area contributed by atoms with E-state index in [1.54, 1.807) is 0 Å². The number of hydrogen-bond donors (Lipinski definition) is 1. The van der Waals surface area contributed by atoms with E-state index < -0.39 is 17.7 Å². The molecule has 0 radical (unpaired) electrons. The third-order valence-electron chi connectivity index (χ3n) is 3.73. The van der Waals surface area contributed by atoms with E-state index in [9.17, 15) is 4.79 Å². The summed E-state index contributed by atoms with van der Waals surface area (Å²) in [6, 6.07) is 18.8. The van der Waals surface area contributed by atoms with Crippen LogP contribution in [0.3, 0.4) is 0 Å². The molecule has 0 aliphatic carbocycles. The second-order valence-corrected chi connectivity index (χ2v) is 7.20. The summed E-state index contributed by atoms with van der Waals surface area (Å²) in [7, 11) is 0. The summed E-state index contributed by atoms with van der Waals surface area (Å²) in [6.45, 7) is 5.46. The topological polar surface area (TPSA) is 77.2 Å². The molecular formula is C21H23N3O3. The molecule has 140 valence electrons. The quantitative estimate of drug-likeness (QED) is 0.718. The molecule has 1 aromatic heterocycles. The summed E-state index contributed by atoms with van der Waals surface area (Å²) in [5.74, 6) is 0.748. The number of carbonyl (C=O) groups is 1. The largest absolute Gasteiger partial charge is 0.444 e. The van der Waals surface area contributed by atoms with Crippen LogP contribution in [0.25, 0.3) is 11.5 Å². The Kier molecular flexibility index (Phi) is 5.54. The number of nitrogens with one attached hydrogen (secondary N) is 1. The van der Waals surface area contributed by atoms with Gasteiger partial charge in [0.2, 0.25) is 11.8 Å². The number of hydrogen-bond acceptors (Lipinski definition) is 5. The van der Waals surface area contributed by atoms with E-state index in [0.717, 1.165) is 11.1 Å². The fourth-order valence-electron chi connectivity index (χ4n) is 2.57. The molecule has 1 amide bonds. The van der Waals surface area contributed by atoms with Crippen LogP contribution in [0.1, 0.15) is 38.3 Å². The van der Waals surface area contributed by atoms with Crippen LogP contribution in [0.15, 0.2) is 65.1 Å². The van der Waals surface area contributed by atoms with Gasteiger partial charge in [-0.3, -0.25) is 0 Å². The summed E-state index contributed by atoms with van der Waals surface area (Å²) >= 11 is 0. The van der Waals surface area contributed by atoms with Crippen molar-refractivity contribution in [2.75, 3.05) is 0 Å². The first-order valence-electron chi connectivity index (χ1n) is 8.83. The van der Waals surface area contributed by atoms with Crippen molar-refractivity contribution in [3.8, 4) is 11.5 Å². The Labute approximate surface area is 158 Å². The summed E-state index contributed by atoms with van der Waals surface area (Å²) in [5, 5.41) is 11.1. The van der Waals surface area contributed by atoms with Gasteiger partial charge < -0.3 is 14.5 Å². The minimum absolute atomic E-state index is 0.337. The molecule has 6 nitrogen and oxygen atoms in total. The summed E-state index contributed by atoms with van der Waals surface area (Å²) in [6.07, 6.45) is -0.0147. The van der Waals surface area contributed by atoms with Crippen molar-refractivity contribution in [1.29, 1.82) is 0 Å². The van der Waals surface area contributed by atoms with Crippen LogP contribution in [-0.2, 0) is 11.2 Å². The fourth-order valence-corrected chi connectivity index (χ4v) is 2.57. The van der Waals surface area contributed by atoms with E-state index in [1.807, 2.05) is 81.4 Å². The monoisotopic (exact) mass is 365 g/mol. The lowest BCUT2D eigenvalue weighted by Gasteiger charge is -2.22. The van der Waals surface area contributed by atoms with Crippen molar-refractivity contribution in [3.63, 3.8) is 0 Å². The zero-order valence-corrected chi connectivity index (χ0v) is 15.7. The van der Waals surface area contributed by atoms with Gasteiger partial charge in [-0.2, -0.15) is 0 Å². The predicted octanol–water partition coefficient (Wildman–Crippen LogP) is 4.55. The molecule has 1 heterocycles. The molecule has 1 atom stereocenters. The van der Waals surface area contributed by atoms with Gasteiger partial charge in [0.25, 0.3) is 0 Å². The van der Waals surface area contributed by atoms with Gasteiger partial charge in [-0.25, -0.2) is 4.79 Å². The molecule has 0 unspecified atom stereocenters. The van der Waals surface area contributed by atoms with Crippen LogP contribution in [0.2, 0.25) is 0 Å². The molecule has 2 aromatic carbocycles. The van der Waals surface area contributed by atoms with Crippen LogP contribution in [0.4, 0.5) is 4.79 Å². The number of aromatic nitrogens is 2. The maximum Gasteiger partial charge on any atom is 0.408 e. The molecule has 0 fully saturated rings. The highest BCUT2D eigenvalue weighted by atomic mass is 16.6. The van der Waals surface area contributed by atoms with E-state index in [2.05, 4.69) is 15.5 Å². The van der Waals surface area contributed by atoms with Gasteiger partial charge >= 0.3 is 6.09 Å². The van der Waals surface area contributed by atoms with Crippen LogP contribution in [0.5, 0.6) is 0 Å². The molecule has 3 rings (SSSR count). The van der Waals surface area contributed by atoms with E-state index >= 15 is 0 Å². The van der Waals surface area contributed by atoms with E-state index in [4.69, 9.17) is 9.15 Å².